The molecule has 1 amide bonds. The van der Waals surface area contributed by atoms with Crippen LogP contribution in [0.25, 0.3) is 0 Å². The second-order valence-corrected chi connectivity index (χ2v) is 7.76. The molecule has 1 N–H and O–H groups in total. The monoisotopic (exact) mass is 423 g/mol. The van der Waals surface area contributed by atoms with Crippen LogP contribution < -0.4 is 10.1 Å². The number of carbonyl (C=O) groups excluding carboxylic acids is 1. The summed E-state index contributed by atoms with van der Waals surface area (Å²) in [5, 5.41) is 11.6. The van der Waals surface area contributed by atoms with E-state index in [9.17, 15) is 4.79 Å². The minimum atomic E-state index is -0.158. The standard InChI is InChI=1S/C23H29N5O3/c1-4-30-20-8-6-5-7-18(20)15-27-10-9-21-25-26-22(28(21)12-11-27)14-24-23(29)19-13-16(2)31-17(19)3/h5-8,13H,4,9-12,14-15H2,1-3H3,(H,24,29). The predicted molar refractivity (Wildman–Crippen MR) is 116 cm³/mol. The summed E-state index contributed by atoms with van der Waals surface area (Å²) in [6, 6.07) is 9.96. The fraction of sp³-hybridized carbons (Fsp3) is 0.435. The highest BCUT2D eigenvalue weighted by Crippen LogP contribution is 2.21. The van der Waals surface area contributed by atoms with Gasteiger partial charge in [-0.3, -0.25) is 9.69 Å². The molecule has 0 unspecified atom stereocenters. The van der Waals surface area contributed by atoms with Crippen LogP contribution in [-0.2, 0) is 26.1 Å². The summed E-state index contributed by atoms with van der Waals surface area (Å²) >= 11 is 0. The minimum absolute atomic E-state index is 0.158. The summed E-state index contributed by atoms with van der Waals surface area (Å²) in [6.45, 7) is 10.0. The van der Waals surface area contributed by atoms with E-state index >= 15 is 0 Å². The largest absolute Gasteiger partial charge is 0.494 e. The number of hydrogen-bond donors (Lipinski definition) is 1. The van der Waals surface area contributed by atoms with E-state index in [1.807, 2.05) is 26.0 Å². The van der Waals surface area contributed by atoms with Crippen molar-refractivity contribution < 1.29 is 13.9 Å². The number of aryl methyl sites for hydroxylation is 2. The molecule has 164 valence electrons. The number of aromatic nitrogens is 3. The Morgan fingerprint density at radius 3 is 2.81 bits per heavy atom. The zero-order valence-electron chi connectivity index (χ0n) is 18.4. The van der Waals surface area contributed by atoms with E-state index in [0.717, 1.165) is 55.8 Å². The van der Waals surface area contributed by atoms with Crippen molar-refractivity contribution in [3.8, 4) is 5.75 Å². The van der Waals surface area contributed by atoms with Crippen LogP contribution in [0, 0.1) is 13.8 Å². The zero-order valence-corrected chi connectivity index (χ0v) is 18.4. The van der Waals surface area contributed by atoms with Gasteiger partial charge in [-0.1, -0.05) is 18.2 Å². The van der Waals surface area contributed by atoms with E-state index in [1.54, 1.807) is 13.0 Å². The first-order valence-electron chi connectivity index (χ1n) is 10.7. The van der Waals surface area contributed by atoms with Gasteiger partial charge in [0.2, 0.25) is 0 Å². The summed E-state index contributed by atoms with van der Waals surface area (Å²) in [5.41, 5.74) is 1.76. The highest BCUT2D eigenvalue weighted by atomic mass is 16.5. The lowest BCUT2D eigenvalue weighted by Crippen LogP contribution is -2.28. The summed E-state index contributed by atoms with van der Waals surface area (Å²) < 4.78 is 13.4. The second-order valence-electron chi connectivity index (χ2n) is 7.76. The Balaban J connectivity index is 1.38. The quantitative estimate of drug-likeness (QED) is 0.629. The van der Waals surface area contributed by atoms with Crippen LogP contribution in [0.4, 0.5) is 0 Å². The molecule has 3 aromatic rings. The predicted octanol–water partition coefficient (Wildman–Crippen LogP) is 2.87. The third-order valence-electron chi connectivity index (χ3n) is 5.55. The molecule has 0 fully saturated rings. The molecular formula is C23H29N5O3. The SMILES string of the molecule is CCOc1ccccc1CN1CCc2nnc(CNC(=O)c3cc(C)oc3C)n2CC1. The van der Waals surface area contributed by atoms with Gasteiger partial charge in [-0.2, -0.15) is 0 Å². The van der Waals surface area contributed by atoms with Crippen LogP contribution in [0.2, 0.25) is 0 Å². The average Bonchev–Trinajstić information content (AvgIpc) is 3.24. The zero-order chi connectivity index (χ0) is 21.8. The number of hydrogen-bond acceptors (Lipinski definition) is 6. The first-order chi connectivity index (χ1) is 15.0. The van der Waals surface area contributed by atoms with Crippen LogP contribution in [0.1, 0.15) is 46.0 Å². The molecule has 1 aromatic carbocycles. The van der Waals surface area contributed by atoms with Gasteiger partial charge in [0.25, 0.3) is 5.91 Å². The molecule has 31 heavy (non-hydrogen) atoms. The molecule has 0 radical (unpaired) electrons. The number of rotatable bonds is 7. The van der Waals surface area contributed by atoms with Crippen molar-refractivity contribution in [3.05, 3.63) is 64.6 Å². The van der Waals surface area contributed by atoms with Gasteiger partial charge in [0.05, 0.1) is 18.7 Å². The maximum Gasteiger partial charge on any atom is 0.255 e. The number of furan rings is 1. The average molecular weight is 424 g/mol. The Labute approximate surface area is 182 Å². The van der Waals surface area contributed by atoms with E-state index in [0.29, 0.717) is 24.5 Å². The Kier molecular flexibility index (Phi) is 6.36. The fourth-order valence-electron chi connectivity index (χ4n) is 4.00. The smallest absolute Gasteiger partial charge is 0.255 e. The number of carbonyl (C=O) groups is 1. The topological polar surface area (TPSA) is 85.4 Å². The summed E-state index contributed by atoms with van der Waals surface area (Å²) in [7, 11) is 0. The number of amides is 1. The van der Waals surface area contributed by atoms with Gasteiger partial charge in [-0.25, -0.2) is 0 Å². The van der Waals surface area contributed by atoms with Crippen molar-refractivity contribution in [2.75, 3.05) is 19.7 Å². The number of para-hydroxylation sites is 1. The van der Waals surface area contributed by atoms with Crippen LogP contribution >= 0.6 is 0 Å². The highest BCUT2D eigenvalue weighted by Gasteiger charge is 2.21. The van der Waals surface area contributed by atoms with E-state index < -0.39 is 0 Å². The first kappa shape index (κ1) is 21.1. The Bertz CT molecular complexity index is 1060. The lowest BCUT2D eigenvalue weighted by atomic mass is 10.2. The fourth-order valence-corrected chi connectivity index (χ4v) is 4.00. The number of nitrogens with zero attached hydrogens (tertiary/aromatic N) is 4. The van der Waals surface area contributed by atoms with Crippen LogP contribution in [0.15, 0.2) is 34.7 Å². The van der Waals surface area contributed by atoms with Gasteiger partial charge in [-0.15, -0.1) is 10.2 Å². The minimum Gasteiger partial charge on any atom is -0.494 e. The van der Waals surface area contributed by atoms with Crippen molar-refractivity contribution in [1.82, 2.24) is 25.0 Å². The Morgan fingerprint density at radius 1 is 1.19 bits per heavy atom. The molecule has 0 saturated carbocycles. The molecule has 0 atom stereocenters. The van der Waals surface area contributed by atoms with Gasteiger partial charge >= 0.3 is 0 Å². The lowest BCUT2D eigenvalue weighted by Gasteiger charge is -2.21. The lowest BCUT2D eigenvalue weighted by molar-refractivity contribution is 0.0948. The molecule has 4 rings (SSSR count). The second kappa shape index (κ2) is 9.34. The van der Waals surface area contributed by atoms with E-state index in [2.05, 4.69) is 37.1 Å². The van der Waals surface area contributed by atoms with Crippen LogP contribution in [-0.4, -0.2) is 45.3 Å². The van der Waals surface area contributed by atoms with Crippen molar-refractivity contribution in [2.24, 2.45) is 0 Å². The normalized spacial score (nSPS) is 14.2. The van der Waals surface area contributed by atoms with Gasteiger partial charge in [0.1, 0.15) is 23.1 Å². The number of nitrogens with one attached hydrogen (secondary N) is 1. The van der Waals surface area contributed by atoms with E-state index in [-0.39, 0.29) is 5.91 Å². The molecular weight excluding hydrogens is 394 g/mol. The van der Waals surface area contributed by atoms with Crippen molar-refractivity contribution >= 4 is 5.91 Å². The van der Waals surface area contributed by atoms with Crippen molar-refractivity contribution in [2.45, 2.75) is 46.8 Å². The van der Waals surface area contributed by atoms with Crippen LogP contribution in [0.5, 0.6) is 5.75 Å². The molecule has 1 aliphatic heterocycles. The highest BCUT2D eigenvalue weighted by molar-refractivity contribution is 5.95. The maximum absolute atomic E-state index is 12.5. The van der Waals surface area contributed by atoms with E-state index in [1.165, 1.54) is 5.56 Å². The number of ether oxygens (including phenoxy) is 1. The van der Waals surface area contributed by atoms with Gasteiger partial charge in [0, 0.05) is 38.2 Å². The Morgan fingerprint density at radius 2 is 2.03 bits per heavy atom. The molecule has 2 aromatic heterocycles. The molecule has 8 nitrogen and oxygen atoms in total. The summed E-state index contributed by atoms with van der Waals surface area (Å²) in [5.74, 6) is 3.87. The third kappa shape index (κ3) is 4.80. The molecule has 0 aliphatic carbocycles. The summed E-state index contributed by atoms with van der Waals surface area (Å²) in [6.07, 6.45) is 0.817. The van der Waals surface area contributed by atoms with Gasteiger partial charge < -0.3 is 19.0 Å². The van der Waals surface area contributed by atoms with Crippen molar-refractivity contribution in [1.29, 1.82) is 0 Å². The Hall–Kier alpha value is -3.13. The van der Waals surface area contributed by atoms with Gasteiger partial charge in [0.15, 0.2) is 5.82 Å². The summed E-state index contributed by atoms with van der Waals surface area (Å²) in [4.78, 5) is 14.9. The molecule has 0 saturated heterocycles. The van der Waals surface area contributed by atoms with Gasteiger partial charge in [-0.05, 0) is 32.9 Å². The molecule has 3 heterocycles. The maximum atomic E-state index is 12.5. The van der Waals surface area contributed by atoms with Crippen molar-refractivity contribution in [3.63, 3.8) is 0 Å². The van der Waals surface area contributed by atoms with Crippen LogP contribution in [0.3, 0.4) is 0 Å². The first-order valence-corrected chi connectivity index (χ1v) is 10.7. The molecule has 1 aliphatic rings. The third-order valence-corrected chi connectivity index (χ3v) is 5.55. The number of benzene rings is 1. The molecule has 0 bridgehead atoms. The molecule has 0 spiro atoms. The number of fused-ring (bicyclic) bond motifs is 1. The van der Waals surface area contributed by atoms with E-state index in [4.69, 9.17) is 9.15 Å². The molecule has 8 heteroatoms.